The minimum atomic E-state index is -0.991. The maximum absolute atomic E-state index is 13.4. The summed E-state index contributed by atoms with van der Waals surface area (Å²) in [5.41, 5.74) is 4.60. The third kappa shape index (κ3) is 6.50. The molecule has 0 unspecified atom stereocenters. The van der Waals surface area contributed by atoms with Gasteiger partial charge in [-0.15, -0.1) is 0 Å². The van der Waals surface area contributed by atoms with E-state index in [4.69, 9.17) is 29.0 Å². The number of piperidine rings is 1. The zero-order valence-electron chi connectivity index (χ0n) is 27.7. The lowest BCUT2D eigenvalue weighted by Gasteiger charge is -2.41. The third-order valence-corrected chi connectivity index (χ3v) is 8.57. The number of carbonyl (C=O) groups is 1. The number of aryl methyl sites for hydroxylation is 1. The second-order valence-corrected chi connectivity index (χ2v) is 13.3. The number of fused-ring (bicyclic) bond motifs is 6. The number of ether oxygens (including phenoxy) is 4. The molecule has 0 radical (unpaired) electrons. The molecular formula is C36H43N5O5. The SMILES string of the molecule is COC(=O)[C@@H](OC(C)(C)C)c1c(C)nc2cc3nn2c1N1CCC(C)(CC1)OC/C=C\[C@H](C)Oc1ccncc1-c1cccc-3c1. The van der Waals surface area contributed by atoms with Crippen LogP contribution in [-0.2, 0) is 19.0 Å². The van der Waals surface area contributed by atoms with Crippen molar-refractivity contribution in [1.82, 2.24) is 19.6 Å². The molecular weight excluding hydrogens is 582 g/mol. The van der Waals surface area contributed by atoms with Crippen LogP contribution in [0, 0.1) is 6.92 Å². The van der Waals surface area contributed by atoms with Crippen molar-refractivity contribution in [1.29, 1.82) is 0 Å². The fourth-order valence-corrected chi connectivity index (χ4v) is 6.17. The topological polar surface area (TPSA) is 100 Å². The molecule has 6 heterocycles. The van der Waals surface area contributed by atoms with E-state index in [0.717, 1.165) is 46.8 Å². The second kappa shape index (κ2) is 12.5. The van der Waals surface area contributed by atoms with Gasteiger partial charge >= 0.3 is 5.97 Å². The van der Waals surface area contributed by atoms with E-state index in [9.17, 15) is 4.79 Å². The first-order chi connectivity index (χ1) is 21.9. The summed E-state index contributed by atoms with van der Waals surface area (Å²) in [5, 5.41) is 5.13. The molecule has 6 bridgehead atoms. The van der Waals surface area contributed by atoms with E-state index in [2.05, 4.69) is 22.9 Å². The number of nitrogens with zero attached hydrogens (tertiary/aromatic N) is 5. The van der Waals surface area contributed by atoms with Crippen molar-refractivity contribution in [2.24, 2.45) is 0 Å². The zero-order valence-corrected chi connectivity index (χ0v) is 27.7. The monoisotopic (exact) mass is 625 g/mol. The van der Waals surface area contributed by atoms with Gasteiger partial charge in [-0.25, -0.2) is 9.78 Å². The van der Waals surface area contributed by atoms with E-state index in [-0.39, 0.29) is 11.7 Å². The van der Waals surface area contributed by atoms with E-state index in [1.165, 1.54) is 7.11 Å². The minimum absolute atomic E-state index is 0.161. The van der Waals surface area contributed by atoms with Crippen LogP contribution in [0.3, 0.4) is 0 Å². The Balaban J connectivity index is 1.56. The molecule has 1 fully saturated rings. The van der Waals surface area contributed by atoms with Gasteiger partial charge in [-0.05, 0) is 78.2 Å². The summed E-state index contributed by atoms with van der Waals surface area (Å²) in [5.74, 6) is 1.04. The summed E-state index contributed by atoms with van der Waals surface area (Å²) in [6.45, 7) is 13.8. The Morgan fingerprint density at radius 1 is 1.13 bits per heavy atom. The summed E-state index contributed by atoms with van der Waals surface area (Å²) in [4.78, 5) is 25.0. The third-order valence-electron chi connectivity index (χ3n) is 8.57. The number of anilines is 1. The number of hydrogen-bond acceptors (Lipinski definition) is 9. The number of esters is 1. The molecule has 3 aliphatic rings. The highest BCUT2D eigenvalue weighted by Gasteiger charge is 2.38. The smallest absolute Gasteiger partial charge is 0.339 e. The Hall–Kier alpha value is -4.28. The molecule has 0 amide bonds. The number of benzene rings is 1. The van der Waals surface area contributed by atoms with E-state index >= 15 is 0 Å². The summed E-state index contributed by atoms with van der Waals surface area (Å²) < 4.78 is 26.3. The lowest BCUT2D eigenvalue weighted by atomic mass is 9.92. The number of hydrogen-bond donors (Lipinski definition) is 0. The maximum atomic E-state index is 13.4. The fourth-order valence-electron chi connectivity index (χ4n) is 6.17. The van der Waals surface area contributed by atoms with Crippen molar-refractivity contribution in [3.8, 4) is 28.1 Å². The lowest BCUT2D eigenvalue weighted by Crippen LogP contribution is -2.45. The van der Waals surface area contributed by atoms with Crippen LogP contribution in [0.1, 0.15) is 64.8 Å². The van der Waals surface area contributed by atoms with E-state index < -0.39 is 17.7 Å². The predicted molar refractivity (Wildman–Crippen MR) is 177 cm³/mol. The van der Waals surface area contributed by atoms with Crippen LogP contribution in [0.2, 0.25) is 0 Å². The zero-order chi connectivity index (χ0) is 32.6. The molecule has 10 nitrogen and oxygen atoms in total. The molecule has 4 aromatic rings. The number of rotatable bonds is 3. The minimum Gasteiger partial charge on any atom is -0.486 e. The van der Waals surface area contributed by atoms with E-state index in [1.807, 2.05) is 87.8 Å². The Kier molecular flexibility index (Phi) is 8.60. The van der Waals surface area contributed by atoms with Crippen LogP contribution >= 0.6 is 0 Å². The quantitative estimate of drug-likeness (QED) is 0.186. The average molecular weight is 626 g/mol. The number of pyridine rings is 1. The molecule has 0 N–H and O–H groups in total. The standard InChI is InChI=1S/C36H43N5O5/c1-23-10-9-19-44-36(6)14-17-40(18-15-36)33-31(32(34(42)43-7)46-35(3,4)5)24(2)38-30-21-28(39-41(30)33)26-12-8-11-25(20-26)27-22-37-16-13-29(27)45-23/h8-13,16,20-23,32H,14-15,17-19H2,1-7H3/b10-9-/t23-,32-/m0/s1. The molecule has 0 saturated carbocycles. The van der Waals surface area contributed by atoms with Gasteiger partial charge in [-0.2, -0.15) is 9.61 Å². The number of carbonyl (C=O) groups excluding carboxylic acids is 1. The van der Waals surface area contributed by atoms with Gasteiger partial charge in [0.2, 0.25) is 0 Å². The molecule has 3 aromatic heterocycles. The van der Waals surface area contributed by atoms with Crippen LogP contribution in [0.5, 0.6) is 5.75 Å². The van der Waals surface area contributed by atoms with Gasteiger partial charge < -0.3 is 23.8 Å². The van der Waals surface area contributed by atoms with Crippen LogP contribution in [0.15, 0.2) is 60.9 Å². The Morgan fingerprint density at radius 3 is 2.63 bits per heavy atom. The predicted octanol–water partition coefficient (Wildman–Crippen LogP) is 6.51. The van der Waals surface area contributed by atoms with Gasteiger partial charge in [0.1, 0.15) is 17.7 Å². The highest BCUT2D eigenvalue weighted by Crippen LogP contribution is 2.39. The summed E-state index contributed by atoms with van der Waals surface area (Å²) in [7, 11) is 1.38. The van der Waals surface area contributed by atoms with Crippen LogP contribution in [0.4, 0.5) is 5.82 Å². The van der Waals surface area contributed by atoms with Crippen LogP contribution < -0.4 is 9.64 Å². The van der Waals surface area contributed by atoms with E-state index in [1.54, 1.807) is 6.20 Å². The molecule has 3 aliphatic heterocycles. The number of methoxy groups -OCH3 is 1. The normalized spacial score (nSPS) is 21.5. The summed E-state index contributed by atoms with van der Waals surface area (Å²) in [6, 6.07) is 12.1. The van der Waals surface area contributed by atoms with Crippen molar-refractivity contribution < 1.29 is 23.7 Å². The van der Waals surface area contributed by atoms with Gasteiger partial charge in [-0.1, -0.05) is 24.3 Å². The highest BCUT2D eigenvalue weighted by atomic mass is 16.6. The molecule has 242 valence electrons. The van der Waals surface area contributed by atoms with Crippen molar-refractivity contribution >= 4 is 17.4 Å². The first-order valence-corrected chi connectivity index (χ1v) is 15.9. The van der Waals surface area contributed by atoms with Crippen molar-refractivity contribution in [2.75, 3.05) is 31.7 Å². The highest BCUT2D eigenvalue weighted by molar-refractivity contribution is 5.81. The first-order valence-electron chi connectivity index (χ1n) is 15.9. The van der Waals surface area contributed by atoms with Crippen molar-refractivity contribution in [2.45, 2.75) is 77.8 Å². The van der Waals surface area contributed by atoms with Crippen LogP contribution in [0.25, 0.3) is 28.0 Å². The van der Waals surface area contributed by atoms with Gasteiger partial charge in [0.15, 0.2) is 11.8 Å². The molecule has 46 heavy (non-hydrogen) atoms. The molecule has 1 aromatic carbocycles. The molecule has 0 spiro atoms. The molecule has 7 rings (SSSR count). The lowest BCUT2D eigenvalue weighted by molar-refractivity contribution is -0.164. The summed E-state index contributed by atoms with van der Waals surface area (Å²) >= 11 is 0. The van der Waals surface area contributed by atoms with Gasteiger partial charge in [0.05, 0.1) is 36.2 Å². The number of aromatic nitrogens is 4. The Labute approximate surface area is 270 Å². The van der Waals surface area contributed by atoms with Crippen molar-refractivity contribution in [3.05, 3.63) is 72.2 Å². The Morgan fingerprint density at radius 2 is 1.89 bits per heavy atom. The van der Waals surface area contributed by atoms with Gasteiger partial charge in [-0.3, -0.25) is 4.98 Å². The molecule has 0 aliphatic carbocycles. The van der Waals surface area contributed by atoms with Gasteiger partial charge in [0.25, 0.3) is 0 Å². The molecule has 10 heteroatoms. The summed E-state index contributed by atoms with van der Waals surface area (Å²) in [6.07, 6.45) is 8.05. The van der Waals surface area contributed by atoms with Crippen molar-refractivity contribution in [3.63, 3.8) is 0 Å². The first kappa shape index (κ1) is 31.7. The van der Waals surface area contributed by atoms with E-state index in [0.29, 0.717) is 36.6 Å². The Bertz CT molecular complexity index is 1770. The largest absolute Gasteiger partial charge is 0.486 e. The average Bonchev–Trinajstić information content (AvgIpc) is 3.45. The molecule has 2 atom stereocenters. The fraction of sp³-hybridized carbons (Fsp3) is 0.444. The molecule has 1 saturated heterocycles. The second-order valence-electron chi connectivity index (χ2n) is 13.3. The maximum Gasteiger partial charge on any atom is 0.339 e. The van der Waals surface area contributed by atoms with Gasteiger partial charge in [0, 0.05) is 48.4 Å². The van der Waals surface area contributed by atoms with Crippen LogP contribution in [-0.4, -0.2) is 69.7 Å².